The van der Waals surface area contributed by atoms with Gasteiger partial charge in [0.2, 0.25) is 0 Å². The largest absolute Gasteiger partial charge is 0.453 e. The molecule has 0 bridgehead atoms. The van der Waals surface area contributed by atoms with E-state index in [0.717, 1.165) is 28.3 Å². The fraction of sp³-hybridized carbons (Fsp3) is 0.0370. The molecular weight excluding hydrogens is 432 g/mol. The third-order valence-electron chi connectivity index (χ3n) is 5.49. The second-order valence-corrected chi connectivity index (χ2v) is 9.39. The number of sulfonamides is 1. The van der Waals surface area contributed by atoms with Crippen LogP contribution in [-0.4, -0.2) is 8.42 Å². The maximum atomic E-state index is 12.9. The molecule has 0 spiro atoms. The van der Waals surface area contributed by atoms with Crippen molar-refractivity contribution in [2.75, 3.05) is 9.62 Å². The first-order valence-electron chi connectivity index (χ1n) is 10.5. The van der Waals surface area contributed by atoms with Gasteiger partial charge in [0, 0.05) is 12.6 Å². The van der Waals surface area contributed by atoms with Gasteiger partial charge in [0.25, 0.3) is 10.0 Å². The Morgan fingerprint density at radius 2 is 1.52 bits per heavy atom. The molecule has 0 unspecified atom stereocenters. The molecule has 4 aromatic rings. The molecule has 1 heterocycles. The van der Waals surface area contributed by atoms with Gasteiger partial charge >= 0.3 is 0 Å². The monoisotopic (exact) mass is 454 g/mol. The van der Waals surface area contributed by atoms with Crippen LogP contribution in [-0.2, 0) is 16.6 Å². The fourth-order valence-corrected chi connectivity index (χ4v) is 4.88. The molecule has 0 aromatic heterocycles. The highest BCUT2D eigenvalue weighted by Gasteiger charge is 2.25. The fourth-order valence-electron chi connectivity index (χ4n) is 3.83. The first kappa shape index (κ1) is 20.8. The summed E-state index contributed by atoms with van der Waals surface area (Å²) in [6.07, 6.45) is 1.67. The minimum atomic E-state index is -3.74. The number of nitrogens with zero attached hydrogens (tertiary/aromatic N) is 1. The number of hydrogen-bond acceptors (Lipinski definition) is 4. The van der Waals surface area contributed by atoms with Crippen LogP contribution in [0.15, 0.2) is 109 Å². The molecule has 0 saturated heterocycles. The van der Waals surface area contributed by atoms with E-state index in [2.05, 4.69) is 28.3 Å². The number of benzene rings is 4. The molecule has 1 aliphatic rings. The Morgan fingerprint density at radius 3 is 2.27 bits per heavy atom. The Bertz CT molecular complexity index is 1420. The van der Waals surface area contributed by atoms with Crippen LogP contribution in [0.1, 0.15) is 11.1 Å². The third-order valence-corrected chi connectivity index (χ3v) is 6.89. The van der Waals surface area contributed by atoms with Gasteiger partial charge in [0.05, 0.1) is 22.0 Å². The lowest BCUT2D eigenvalue weighted by molar-refractivity contribution is 0.473. The summed E-state index contributed by atoms with van der Waals surface area (Å²) in [6, 6.07) is 29.9. The van der Waals surface area contributed by atoms with Crippen LogP contribution in [0.5, 0.6) is 11.5 Å². The summed E-state index contributed by atoms with van der Waals surface area (Å²) in [4.78, 5) is 2.36. The van der Waals surface area contributed by atoms with Crippen molar-refractivity contribution in [2.45, 2.75) is 11.4 Å². The molecule has 0 radical (unpaired) electrons. The lowest BCUT2D eigenvalue weighted by Crippen LogP contribution is -2.21. The molecule has 33 heavy (non-hydrogen) atoms. The smallest absolute Gasteiger partial charge is 0.261 e. The zero-order valence-electron chi connectivity index (χ0n) is 17.8. The topological polar surface area (TPSA) is 58.6 Å². The second-order valence-electron chi connectivity index (χ2n) is 7.70. The van der Waals surface area contributed by atoms with Gasteiger partial charge in [0.15, 0.2) is 11.5 Å². The SMILES string of the molecule is C=Cc1ccc(S(=O)(=O)Nc2ccc3c(c2)Oc2ccccc2N3Cc2ccccc2)cc1. The van der Waals surface area contributed by atoms with Gasteiger partial charge in [-0.2, -0.15) is 0 Å². The highest BCUT2D eigenvalue weighted by molar-refractivity contribution is 7.92. The maximum Gasteiger partial charge on any atom is 0.261 e. The molecule has 5 nitrogen and oxygen atoms in total. The molecule has 0 fully saturated rings. The van der Waals surface area contributed by atoms with Crippen molar-refractivity contribution in [2.24, 2.45) is 0 Å². The van der Waals surface area contributed by atoms with Gasteiger partial charge in [-0.15, -0.1) is 0 Å². The van der Waals surface area contributed by atoms with E-state index in [1.807, 2.05) is 48.5 Å². The summed E-state index contributed by atoms with van der Waals surface area (Å²) in [6.45, 7) is 4.36. The Kier molecular flexibility index (Phi) is 5.36. The first-order chi connectivity index (χ1) is 16.0. The highest BCUT2D eigenvalue weighted by Crippen LogP contribution is 2.48. The van der Waals surface area contributed by atoms with E-state index < -0.39 is 10.0 Å². The standard InChI is InChI=1S/C27H22N2O3S/c1-2-20-12-15-23(16-13-20)33(30,31)28-22-14-17-25-27(18-22)32-26-11-7-6-10-24(26)29(25)19-21-8-4-3-5-9-21/h2-18,28H,1,19H2. The third kappa shape index (κ3) is 4.21. The molecule has 4 aromatic carbocycles. The summed E-state index contributed by atoms with van der Waals surface area (Å²) in [5.41, 5.74) is 4.28. The number of anilines is 3. The molecule has 0 amide bonds. The van der Waals surface area contributed by atoms with Crippen molar-refractivity contribution in [3.05, 3.63) is 115 Å². The highest BCUT2D eigenvalue weighted by atomic mass is 32.2. The Hall–Kier alpha value is -4.03. The molecule has 5 rings (SSSR count). The summed E-state index contributed by atoms with van der Waals surface area (Å²) < 4.78 is 34.6. The van der Waals surface area contributed by atoms with Crippen LogP contribution < -0.4 is 14.4 Å². The Morgan fingerprint density at radius 1 is 0.818 bits per heavy atom. The van der Waals surface area contributed by atoms with E-state index in [1.165, 1.54) is 0 Å². The van der Waals surface area contributed by atoms with Crippen LogP contribution in [0.25, 0.3) is 6.08 Å². The normalized spacial score (nSPS) is 12.3. The summed E-state index contributed by atoms with van der Waals surface area (Å²) >= 11 is 0. The lowest BCUT2D eigenvalue weighted by atomic mass is 10.1. The van der Waals surface area contributed by atoms with Crippen molar-refractivity contribution in [3.63, 3.8) is 0 Å². The number of para-hydroxylation sites is 2. The van der Waals surface area contributed by atoms with Crippen molar-refractivity contribution < 1.29 is 13.2 Å². The van der Waals surface area contributed by atoms with Crippen molar-refractivity contribution >= 4 is 33.2 Å². The summed E-state index contributed by atoms with van der Waals surface area (Å²) in [7, 11) is -3.74. The Labute approximate surface area is 193 Å². The van der Waals surface area contributed by atoms with Gasteiger partial charge in [-0.3, -0.25) is 4.72 Å². The molecule has 1 N–H and O–H groups in total. The molecular formula is C27H22N2O3S. The maximum absolute atomic E-state index is 12.9. The zero-order chi connectivity index (χ0) is 22.8. The van der Waals surface area contributed by atoms with E-state index in [9.17, 15) is 8.42 Å². The van der Waals surface area contributed by atoms with Crippen molar-refractivity contribution in [1.82, 2.24) is 0 Å². The van der Waals surface area contributed by atoms with E-state index >= 15 is 0 Å². The second kappa shape index (κ2) is 8.48. The predicted octanol–water partition coefficient (Wildman–Crippen LogP) is 6.57. The number of fused-ring (bicyclic) bond motifs is 2. The summed E-state index contributed by atoms with van der Waals surface area (Å²) in [5.74, 6) is 1.31. The molecule has 0 saturated carbocycles. The number of ether oxygens (including phenoxy) is 1. The van der Waals surface area contributed by atoms with Crippen LogP contribution in [0.4, 0.5) is 17.1 Å². The minimum Gasteiger partial charge on any atom is -0.453 e. The van der Waals surface area contributed by atoms with Gasteiger partial charge in [-0.1, -0.05) is 67.3 Å². The van der Waals surface area contributed by atoms with Crippen molar-refractivity contribution in [1.29, 1.82) is 0 Å². The van der Waals surface area contributed by atoms with Gasteiger partial charge in [0.1, 0.15) is 0 Å². The average Bonchev–Trinajstić information content (AvgIpc) is 2.84. The molecule has 6 heteroatoms. The lowest BCUT2D eigenvalue weighted by Gasteiger charge is -2.33. The average molecular weight is 455 g/mol. The predicted molar refractivity (Wildman–Crippen MR) is 133 cm³/mol. The Balaban J connectivity index is 1.48. The van der Waals surface area contributed by atoms with Crippen LogP contribution in [0.2, 0.25) is 0 Å². The van der Waals surface area contributed by atoms with E-state index in [-0.39, 0.29) is 4.90 Å². The van der Waals surface area contributed by atoms with Gasteiger partial charge in [-0.25, -0.2) is 8.42 Å². The first-order valence-corrected chi connectivity index (χ1v) is 12.0. The zero-order valence-corrected chi connectivity index (χ0v) is 18.6. The quantitative estimate of drug-likeness (QED) is 0.358. The molecule has 1 aliphatic heterocycles. The minimum absolute atomic E-state index is 0.183. The molecule has 0 atom stereocenters. The van der Waals surface area contributed by atoms with E-state index in [4.69, 9.17) is 4.74 Å². The van der Waals surface area contributed by atoms with E-state index in [1.54, 1.807) is 42.5 Å². The van der Waals surface area contributed by atoms with Crippen LogP contribution in [0.3, 0.4) is 0 Å². The van der Waals surface area contributed by atoms with Gasteiger partial charge in [-0.05, 0) is 47.5 Å². The van der Waals surface area contributed by atoms with Crippen LogP contribution >= 0.6 is 0 Å². The number of rotatable bonds is 6. The summed E-state index contributed by atoms with van der Waals surface area (Å²) in [5, 5.41) is 0. The number of nitrogens with one attached hydrogen (secondary N) is 1. The van der Waals surface area contributed by atoms with Crippen LogP contribution in [0, 0.1) is 0 Å². The van der Waals surface area contributed by atoms with Crippen molar-refractivity contribution in [3.8, 4) is 11.5 Å². The van der Waals surface area contributed by atoms with E-state index in [0.29, 0.717) is 18.0 Å². The number of hydrogen-bond donors (Lipinski definition) is 1. The van der Waals surface area contributed by atoms with Gasteiger partial charge < -0.3 is 9.64 Å². The molecule has 0 aliphatic carbocycles. The molecule has 164 valence electrons.